The van der Waals surface area contributed by atoms with Crippen LogP contribution >= 0.6 is 0 Å². The largest absolute Gasteiger partial charge is 0.480 e. The Morgan fingerprint density at radius 2 is 1.46 bits per heavy atom. The van der Waals surface area contributed by atoms with Gasteiger partial charge in [-0.05, 0) is 112 Å². The molecule has 0 radical (unpaired) electrons. The molecule has 4 fully saturated rings. The minimum Gasteiger partial charge on any atom is -0.480 e. The second kappa shape index (κ2) is 22.2. The predicted octanol–water partition coefficient (Wildman–Crippen LogP) is 12.0. The molecule has 4 unspecified atom stereocenters. The highest BCUT2D eigenvalue weighted by molar-refractivity contribution is 6.90. The number of anilines is 1. The number of methoxy groups -OCH3 is 2. The van der Waals surface area contributed by atoms with Crippen molar-refractivity contribution in [2.24, 2.45) is 0 Å². The molecule has 0 spiro atoms. The Morgan fingerprint density at radius 3 is 2.03 bits per heavy atom. The van der Waals surface area contributed by atoms with Crippen molar-refractivity contribution >= 4 is 41.5 Å². The van der Waals surface area contributed by atoms with Gasteiger partial charge in [-0.25, -0.2) is 23.5 Å². The van der Waals surface area contributed by atoms with E-state index in [2.05, 4.69) is 57.9 Å². The summed E-state index contributed by atoms with van der Waals surface area (Å²) in [6, 6.07) is 6.15. The zero-order valence-electron chi connectivity index (χ0n) is 43.7. The lowest BCUT2D eigenvalue weighted by atomic mass is 9.94. The molecule has 8 rings (SSSR count). The maximum atomic E-state index is 19.0. The monoisotopic (exact) mass is 1000 g/mol. The van der Waals surface area contributed by atoms with E-state index in [1.165, 1.54) is 20.3 Å². The van der Waals surface area contributed by atoms with E-state index in [0.29, 0.717) is 78.1 Å². The number of carbonyl (C=O) groups is 1. The Bertz CT molecular complexity index is 2580. The molecular formula is C55H74F2N4O9Si. The molecule has 4 aliphatic rings. The number of fused-ring (bicyclic) bond motifs is 4. The molecule has 2 aromatic heterocycles. The summed E-state index contributed by atoms with van der Waals surface area (Å²) in [5.74, 6) is 3.07. The third kappa shape index (κ3) is 11.0. The van der Waals surface area contributed by atoms with Crippen LogP contribution in [-0.2, 0) is 41.6 Å². The molecule has 2 aromatic carbocycles. The number of hydrogen-bond donors (Lipinski definition) is 0. The van der Waals surface area contributed by atoms with Gasteiger partial charge in [0.05, 0.1) is 49.1 Å². The molecule has 4 aliphatic heterocycles. The average molecular weight is 1000 g/mol. The van der Waals surface area contributed by atoms with Gasteiger partial charge >= 0.3 is 6.09 Å². The van der Waals surface area contributed by atoms with Crippen molar-refractivity contribution in [1.29, 1.82) is 0 Å². The first-order valence-corrected chi connectivity index (χ1v) is 27.9. The van der Waals surface area contributed by atoms with Gasteiger partial charge in [0.2, 0.25) is 5.88 Å². The molecule has 4 saturated heterocycles. The van der Waals surface area contributed by atoms with Crippen LogP contribution in [0.3, 0.4) is 0 Å². The number of halogens is 2. The third-order valence-corrected chi connectivity index (χ3v) is 21.1. The van der Waals surface area contributed by atoms with Crippen LogP contribution in [0.2, 0.25) is 16.6 Å². The van der Waals surface area contributed by atoms with Gasteiger partial charge in [-0.1, -0.05) is 53.5 Å². The standard InChI is InChI=1S/C55H74F2N4O9Si/c1-33(2)71(34(3)4,35(5)6)25-22-40-43(56)21-18-36-26-39(69-32-63-10)27-41(47(36)40)51-50(57)48-42(30-67-45-16-12-14-23-65-45)44(31-68-46-17-13-15-24-66-46)58-52(49(48)53(59-51)64-11)60-28-37-19-20-38(29-60)61(37)54(62)70-55(7,8)9/h18,21,26-27,33-35,37-38,45-46H,12-17,19-20,23-24,28-32H2,1-11H3. The number of nitrogens with zero attached hydrogens (tertiary/aromatic N) is 4. The summed E-state index contributed by atoms with van der Waals surface area (Å²) in [4.78, 5) is 28.1. The van der Waals surface area contributed by atoms with E-state index in [1.54, 1.807) is 18.2 Å². The molecule has 386 valence electrons. The second-order valence-corrected chi connectivity index (χ2v) is 27.1. The summed E-state index contributed by atoms with van der Waals surface area (Å²) < 4.78 is 84.3. The Hall–Kier alpha value is -4.63. The fourth-order valence-corrected chi connectivity index (χ4v) is 16.7. The van der Waals surface area contributed by atoms with E-state index in [9.17, 15) is 4.79 Å². The Labute approximate surface area is 419 Å². The van der Waals surface area contributed by atoms with Crippen molar-refractivity contribution in [3.63, 3.8) is 0 Å². The van der Waals surface area contributed by atoms with Gasteiger partial charge in [0.25, 0.3) is 0 Å². The van der Waals surface area contributed by atoms with E-state index < -0.39 is 37.9 Å². The number of aromatic nitrogens is 2. The van der Waals surface area contributed by atoms with Crippen LogP contribution in [-0.4, -0.2) is 107 Å². The highest BCUT2D eigenvalue weighted by Crippen LogP contribution is 2.47. The first kappa shape index (κ1) is 52.7. The molecular weight excluding hydrogens is 927 g/mol. The lowest BCUT2D eigenvalue weighted by Gasteiger charge is -2.42. The van der Waals surface area contributed by atoms with Crippen molar-refractivity contribution in [2.45, 2.75) is 174 Å². The summed E-state index contributed by atoms with van der Waals surface area (Å²) in [5.41, 5.74) is 5.11. The number of rotatable bonds is 15. The quantitative estimate of drug-likeness (QED) is 0.0640. The van der Waals surface area contributed by atoms with Crippen molar-refractivity contribution in [2.75, 3.05) is 52.2 Å². The number of amides is 1. The molecule has 6 heterocycles. The van der Waals surface area contributed by atoms with Crippen LogP contribution in [0, 0.1) is 23.1 Å². The fourth-order valence-electron chi connectivity index (χ4n) is 11.5. The van der Waals surface area contributed by atoms with Gasteiger partial charge in [0.1, 0.15) is 36.8 Å². The zero-order valence-corrected chi connectivity index (χ0v) is 44.7. The zero-order chi connectivity index (χ0) is 50.8. The van der Waals surface area contributed by atoms with Gasteiger partial charge < -0.3 is 42.8 Å². The van der Waals surface area contributed by atoms with E-state index in [4.69, 9.17) is 47.9 Å². The average Bonchev–Trinajstić information content (AvgIpc) is 3.61. The highest BCUT2D eigenvalue weighted by atomic mass is 28.3. The maximum Gasteiger partial charge on any atom is 0.410 e. The number of piperazine rings is 1. The molecule has 16 heteroatoms. The topological polar surface area (TPSA) is 123 Å². The smallest absolute Gasteiger partial charge is 0.410 e. The molecule has 0 saturated carbocycles. The van der Waals surface area contributed by atoms with Crippen molar-refractivity contribution in [3.8, 4) is 34.4 Å². The molecule has 4 aromatic rings. The van der Waals surface area contributed by atoms with E-state index in [-0.39, 0.29) is 82.9 Å². The summed E-state index contributed by atoms with van der Waals surface area (Å²) in [6.45, 7) is 20.6. The number of carbonyl (C=O) groups excluding carboxylic acids is 1. The number of pyridine rings is 2. The Kier molecular flexibility index (Phi) is 16.5. The molecule has 0 aliphatic carbocycles. The minimum absolute atomic E-state index is 0.0105. The van der Waals surface area contributed by atoms with Crippen molar-refractivity contribution in [3.05, 3.63) is 52.7 Å². The van der Waals surface area contributed by atoms with Crippen LogP contribution < -0.4 is 14.4 Å². The van der Waals surface area contributed by atoms with Crippen molar-refractivity contribution < 1.29 is 51.5 Å². The van der Waals surface area contributed by atoms with Crippen LogP contribution in [0.15, 0.2) is 24.3 Å². The number of benzene rings is 2. The summed E-state index contributed by atoms with van der Waals surface area (Å²) in [6.07, 6.45) is 5.31. The van der Waals surface area contributed by atoms with Gasteiger partial charge in [-0.3, -0.25) is 4.90 Å². The minimum atomic E-state index is -2.38. The van der Waals surface area contributed by atoms with Gasteiger partial charge in [0.15, 0.2) is 25.2 Å². The van der Waals surface area contributed by atoms with Crippen LogP contribution in [0.4, 0.5) is 19.4 Å². The number of hydrogen-bond acceptors (Lipinski definition) is 12. The molecule has 1 amide bonds. The van der Waals surface area contributed by atoms with Crippen LogP contribution in [0.5, 0.6) is 11.6 Å². The maximum absolute atomic E-state index is 19.0. The molecule has 13 nitrogen and oxygen atoms in total. The van der Waals surface area contributed by atoms with Gasteiger partial charge in [-0.15, -0.1) is 5.54 Å². The predicted molar refractivity (Wildman–Crippen MR) is 273 cm³/mol. The van der Waals surface area contributed by atoms with E-state index >= 15 is 8.78 Å². The van der Waals surface area contributed by atoms with Gasteiger partial charge in [-0.2, -0.15) is 0 Å². The normalized spacial score (nSPS) is 20.8. The molecule has 0 N–H and O–H groups in total. The molecule has 71 heavy (non-hydrogen) atoms. The Morgan fingerprint density at radius 1 is 0.831 bits per heavy atom. The summed E-state index contributed by atoms with van der Waals surface area (Å²) in [5, 5.41) is 1.48. The second-order valence-electron chi connectivity index (χ2n) is 21.5. The molecule has 4 atom stereocenters. The van der Waals surface area contributed by atoms with Gasteiger partial charge in [0, 0.05) is 55.3 Å². The first-order valence-electron chi connectivity index (χ1n) is 25.7. The summed E-state index contributed by atoms with van der Waals surface area (Å²) >= 11 is 0. The van der Waals surface area contributed by atoms with E-state index in [1.807, 2.05) is 25.7 Å². The lowest BCUT2D eigenvalue weighted by molar-refractivity contribution is -0.173. The Balaban J connectivity index is 1.40. The molecule has 2 bridgehead atoms. The lowest BCUT2D eigenvalue weighted by Crippen LogP contribution is -2.57. The van der Waals surface area contributed by atoms with Crippen LogP contribution in [0.1, 0.15) is 131 Å². The van der Waals surface area contributed by atoms with Crippen molar-refractivity contribution in [1.82, 2.24) is 14.9 Å². The summed E-state index contributed by atoms with van der Waals surface area (Å²) in [7, 11) is 0.643. The first-order chi connectivity index (χ1) is 33.9. The van der Waals surface area contributed by atoms with E-state index in [0.717, 1.165) is 38.5 Å². The van der Waals surface area contributed by atoms with Crippen LogP contribution in [0.25, 0.3) is 32.8 Å². The number of ether oxygens (including phenoxy) is 8. The third-order valence-electron chi connectivity index (χ3n) is 14.8. The SMILES string of the molecule is COCOc1cc(-c2nc(OC)c3c(N4CC5CCC(C4)N5C(=O)OC(C)(C)C)nc(COC4CCCCO4)c(COC4CCCCO4)c3c2F)c2c(C#C[Si](C(C)C)(C(C)C)C(C)C)c(F)ccc2c1. The fraction of sp³-hybridized carbons (Fsp3) is 0.618. The highest BCUT2D eigenvalue weighted by Gasteiger charge is 2.46.